The Morgan fingerprint density at radius 3 is 2.79 bits per heavy atom. The first-order chi connectivity index (χ1) is 6.58. The van der Waals surface area contributed by atoms with Gasteiger partial charge in [-0.1, -0.05) is 5.21 Å². The summed E-state index contributed by atoms with van der Waals surface area (Å²) in [4.78, 5) is 2.06. The average Bonchev–Trinajstić information content (AvgIpc) is 2.48. The van der Waals surface area contributed by atoms with Gasteiger partial charge in [-0.05, 0) is 27.1 Å². The van der Waals surface area contributed by atoms with Gasteiger partial charge in [-0.15, -0.1) is 5.10 Å². The maximum Gasteiger partial charge on any atom is 0.0852 e. The van der Waals surface area contributed by atoms with Gasteiger partial charge in [0.15, 0.2) is 0 Å². The number of rotatable bonds is 5. The third-order valence-corrected chi connectivity index (χ3v) is 2.00. The molecule has 1 atom stereocenters. The van der Waals surface area contributed by atoms with Crippen molar-refractivity contribution in [2.24, 2.45) is 7.05 Å². The van der Waals surface area contributed by atoms with E-state index < -0.39 is 0 Å². The number of aliphatic hydroxyl groups excluding tert-OH is 1. The Morgan fingerprint density at radius 2 is 2.29 bits per heavy atom. The zero-order valence-corrected chi connectivity index (χ0v) is 9.01. The van der Waals surface area contributed by atoms with E-state index in [1.807, 2.05) is 27.3 Å². The van der Waals surface area contributed by atoms with Crippen LogP contribution in [0.5, 0.6) is 0 Å². The van der Waals surface area contributed by atoms with Gasteiger partial charge in [0.25, 0.3) is 0 Å². The monoisotopic (exact) mass is 198 g/mol. The Morgan fingerprint density at radius 1 is 1.57 bits per heavy atom. The van der Waals surface area contributed by atoms with Crippen LogP contribution in [0.4, 0.5) is 0 Å². The summed E-state index contributed by atoms with van der Waals surface area (Å²) in [5.74, 6) is 0. The molecule has 1 unspecified atom stereocenters. The molecule has 0 spiro atoms. The quantitative estimate of drug-likeness (QED) is 0.704. The molecule has 0 aliphatic carbocycles. The molecule has 1 aromatic heterocycles. The second-order valence-electron chi connectivity index (χ2n) is 3.83. The lowest BCUT2D eigenvalue weighted by Crippen LogP contribution is -2.20. The summed E-state index contributed by atoms with van der Waals surface area (Å²) in [5, 5.41) is 17.4. The Hall–Kier alpha value is -0.940. The Kier molecular flexibility index (Phi) is 4.03. The fourth-order valence-electron chi connectivity index (χ4n) is 1.24. The molecule has 1 heterocycles. The summed E-state index contributed by atoms with van der Waals surface area (Å²) in [5.41, 5.74) is 0.846. The number of hydrogen-bond acceptors (Lipinski definition) is 4. The average molecular weight is 198 g/mol. The van der Waals surface area contributed by atoms with E-state index in [0.717, 1.165) is 18.7 Å². The van der Waals surface area contributed by atoms with Gasteiger partial charge in [0.05, 0.1) is 11.8 Å². The van der Waals surface area contributed by atoms with Crippen molar-refractivity contribution in [2.45, 2.75) is 18.9 Å². The molecule has 0 saturated carbocycles. The number of nitrogens with zero attached hydrogens (tertiary/aromatic N) is 4. The van der Waals surface area contributed by atoms with E-state index in [2.05, 4.69) is 15.2 Å². The van der Waals surface area contributed by atoms with Gasteiger partial charge in [0.1, 0.15) is 0 Å². The predicted molar refractivity (Wildman–Crippen MR) is 53.9 cm³/mol. The molecule has 1 rings (SSSR count). The molecule has 0 aromatic carbocycles. The zero-order chi connectivity index (χ0) is 10.6. The van der Waals surface area contributed by atoms with Crippen molar-refractivity contribution in [2.75, 3.05) is 20.6 Å². The first kappa shape index (κ1) is 11.1. The Labute approximate surface area is 84.3 Å². The normalized spacial score (nSPS) is 13.5. The summed E-state index contributed by atoms with van der Waals surface area (Å²) in [6.07, 6.45) is 2.86. The first-order valence-electron chi connectivity index (χ1n) is 4.76. The number of aryl methyl sites for hydroxylation is 1. The number of aromatic nitrogens is 3. The highest BCUT2D eigenvalue weighted by Crippen LogP contribution is 2.02. The summed E-state index contributed by atoms with van der Waals surface area (Å²) in [7, 11) is 5.81. The molecule has 0 radical (unpaired) electrons. The molecule has 5 nitrogen and oxygen atoms in total. The third kappa shape index (κ3) is 3.85. The van der Waals surface area contributed by atoms with Gasteiger partial charge in [-0.3, -0.25) is 4.68 Å². The Bertz CT molecular complexity index is 272. The molecular formula is C9H18N4O. The smallest absolute Gasteiger partial charge is 0.0852 e. The maximum atomic E-state index is 9.66. The fraction of sp³-hybridized carbons (Fsp3) is 0.778. The second-order valence-corrected chi connectivity index (χ2v) is 3.83. The molecule has 0 fully saturated rings. The molecule has 0 amide bonds. The summed E-state index contributed by atoms with van der Waals surface area (Å²) in [6.45, 7) is 0.890. The Balaban J connectivity index is 2.30. The highest BCUT2D eigenvalue weighted by atomic mass is 16.3. The van der Waals surface area contributed by atoms with Crippen molar-refractivity contribution in [3.05, 3.63) is 11.9 Å². The van der Waals surface area contributed by atoms with Crippen LogP contribution >= 0.6 is 0 Å². The van der Waals surface area contributed by atoms with E-state index in [1.54, 1.807) is 4.68 Å². The molecule has 0 bridgehead atoms. The van der Waals surface area contributed by atoms with E-state index >= 15 is 0 Å². The third-order valence-electron chi connectivity index (χ3n) is 2.00. The highest BCUT2D eigenvalue weighted by Gasteiger charge is 2.08. The zero-order valence-electron chi connectivity index (χ0n) is 9.01. The maximum absolute atomic E-state index is 9.66. The molecular weight excluding hydrogens is 180 g/mol. The molecule has 5 heteroatoms. The highest BCUT2D eigenvalue weighted by molar-refractivity contribution is 4.93. The molecule has 1 aromatic rings. The van der Waals surface area contributed by atoms with Gasteiger partial charge >= 0.3 is 0 Å². The van der Waals surface area contributed by atoms with Gasteiger partial charge in [-0.25, -0.2) is 0 Å². The van der Waals surface area contributed by atoms with Crippen LogP contribution in [-0.2, 0) is 13.5 Å². The van der Waals surface area contributed by atoms with Crippen LogP contribution in [0.25, 0.3) is 0 Å². The van der Waals surface area contributed by atoms with Crippen LogP contribution in [0, 0.1) is 0 Å². The van der Waals surface area contributed by atoms with Gasteiger partial charge in [0.2, 0.25) is 0 Å². The van der Waals surface area contributed by atoms with Crippen LogP contribution in [0.2, 0.25) is 0 Å². The predicted octanol–water partition coefficient (Wildman–Crippen LogP) is -0.330. The minimum Gasteiger partial charge on any atom is -0.393 e. The van der Waals surface area contributed by atoms with Gasteiger partial charge in [-0.2, -0.15) is 0 Å². The van der Waals surface area contributed by atoms with E-state index in [9.17, 15) is 5.11 Å². The minimum atomic E-state index is -0.325. The molecule has 0 aliphatic heterocycles. The number of hydrogen-bond donors (Lipinski definition) is 1. The molecule has 1 N–H and O–H groups in total. The van der Waals surface area contributed by atoms with E-state index in [1.165, 1.54) is 0 Å². The lowest BCUT2D eigenvalue weighted by molar-refractivity contribution is 0.151. The topological polar surface area (TPSA) is 54.2 Å². The van der Waals surface area contributed by atoms with E-state index in [-0.39, 0.29) is 6.10 Å². The molecule has 14 heavy (non-hydrogen) atoms. The standard InChI is InChI=1S/C9H18N4O/c1-12(2)5-4-9(14)6-8-7-13(3)11-10-8/h7,9,14H,4-6H2,1-3H3. The molecule has 80 valence electrons. The van der Waals surface area contributed by atoms with Crippen LogP contribution in [0.15, 0.2) is 6.20 Å². The lowest BCUT2D eigenvalue weighted by Gasteiger charge is -2.12. The molecule has 0 aliphatic rings. The van der Waals surface area contributed by atoms with Gasteiger partial charge < -0.3 is 10.0 Å². The summed E-state index contributed by atoms with van der Waals surface area (Å²) < 4.78 is 1.65. The second kappa shape index (κ2) is 5.07. The van der Waals surface area contributed by atoms with Crippen LogP contribution in [0.1, 0.15) is 12.1 Å². The minimum absolute atomic E-state index is 0.325. The largest absolute Gasteiger partial charge is 0.393 e. The van der Waals surface area contributed by atoms with Gasteiger partial charge in [0, 0.05) is 19.7 Å². The lowest BCUT2D eigenvalue weighted by atomic mass is 10.1. The summed E-state index contributed by atoms with van der Waals surface area (Å²) >= 11 is 0. The van der Waals surface area contributed by atoms with Crippen molar-refractivity contribution in [3.63, 3.8) is 0 Å². The van der Waals surface area contributed by atoms with Crippen molar-refractivity contribution in [3.8, 4) is 0 Å². The van der Waals surface area contributed by atoms with Crippen LogP contribution in [0.3, 0.4) is 0 Å². The first-order valence-corrected chi connectivity index (χ1v) is 4.76. The van der Waals surface area contributed by atoms with Crippen molar-refractivity contribution >= 4 is 0 Å². The fourth-order valence-corrected chi connectivity index (χ4v) is 1.24. The van der Waals surface area contributed by atoms with Crippen LogP contribution in [-0.4, -0.2) is 51.7 Å². The summed E-state index contributed by atoms with van der Waals surface area (Å²) in [6, 6.07) is 0. The van der Waals surface area contributed by atoms with Crippen molar-refractivity contribution in [1.29, 1.82) is 0 Å². The molecule has 0 saturated heterocycles. The van der Waals surface area contributed by atoms with Crippen LogP contribution < -0.4 is 0 Å². The number of aliphatic hydroxyl groups is 1. The SMILES string of the molecule is CN(C)CCC(O)Cc1cn(C)nn1. The van der Waals surface area contributed by atoms with E-state index in [4.69, 9.17) is 0 Å². The van der Waals surface area contributed by atoms with E-state index in [0.29, 0.717) is 6.42 Å². The van der Waals surface area contributed by atoms with Crippen molar-refractivity contribution in [1.82, 2.24) is 19.9 Å². The van der Waals surface area contributed by atoms with Crippen molar-refractivity contribution < 1.29 is 5.11 Å².